The molecule has 0 aliphatic heterocycles. The minimum Gasteiger partial charge on any atom is -0.426 e. The van der Waals surface area contributed by atoms with Crippen molar-refractivity contribution in [1.82, 2.24) is 0 Å². The lowest BCUT2D eigenvalue weighted by Gasteiger charge is -1.92. The molecule has 0 fully saturated rings. The highest BCUT2D eigenvalue weighted by Crippen LogP contribution is 1.64. The smallest absolute Gasteiger partial charge is 0.146 e. The first-order chi connectivity index (χ1) is 4.33. The average molecular weight is 148 g/mol. The topological polar surface area (TPSA) is 18.5 Å². The quantitative estimate of drug-likeness (QED) is 0.321. The van der Waals surface area contributed by atoms with Crippen molar-refractivity contribution in [3.8, 4) is 0 Å². The molecule has 0 aromatic rings. The van der Waals surface area contributed by atoms with Gasteiger partial charge < -0.3 is 9.16 Å². The van der Waals surface area contributed by atoms with Gasteiger partial charge in [-0.15, -0.1) is 6.58 Å². The zero-order valence-corrected chi connectivity index (χ0v) is 8.52. The molecule has 0 aromatic carbocycles. The van der Waals surface area contributed by atoms with E-state index < -0.39 is 0 Å². The van der Waals surface area contributed by atoms with E-state index in [1.807, 2.05) is 6.92 Å². The van der Waals surface area contributed by atoms with Crippen LogP contribution in [0.2, 0.25) is 0 Å². The number of methoxy groups -OCH3 is 1. The van der Waals surface area contributed by atoms with Crippen molar-refractivity contribution >= 4 is 10.5 Å². The maximum atomic E-state index is 4.80. The van der Waals surface area contributed by atoms with E-state index in [2.05, 4.69) is 11.3 Å². The summed E-state index contributed by atoms with van der Waals surface area (Å²) < 4.78 is 9.48. The van der Waals surface area contributed by atoms with Gasteiger partial charge in [-0.2, -0.15) is 0 Å². The molecule has 0 atom stereocenters. The van der Waals surface area contributed by atoms with Gasteiger partial charge >= 0.3 is 0 Å². The Morgan fingerprint density at radius 1 is 1.56 bits per heavy atom. The number of ether oxygens (including phenoxy) is 1. The lowest BCUT2D eigenvalue weighted by molar-refractivity contribution is 0.152. The molecule has 0 saturated heterocycles. The van der Waals surface area contributed by atoms with Gasteiger partial charge in [0.2, 0.25) is 0 Å². The Morgan fingerprint density at radius 3 is 2.11 bits per heavy atom. The van der Waals surface area contributed by atoms with Crippen molar-refractivity contribution in [2.45, 2.75) is 6.92 Å². The van der Waals surface area contributed by atoms with E-state index in [4.69, 9.17) is 4.43 Å². The Morgan fingerprint density at radius 2 is 2.00 bits per heavy atom. The largest absolute Gasteiger partial charge is 0.426 e. The van der Waals surface area contributed by atoms with Gasteiger partial charge in [0.25, 0.3) is 0 Å². The summed E-state index contributed by atoms with van der Waals surface area (Å²) in [6, 6.07) is 0. The molecule has 0 heterocycles. The van der Waals surface area contributed by atoms with E-state index in [1.54, 1.807) is 13.2 Å². The van der Waals surface area contributed by atoms with E-state index in [0.29, 0.717) is 0 Å². The highest BCUT2D eigenvalue weighted by atomic mass is 28.2. The van der Waals surface area contributed by atoms with Gasteiger partial charge in [-0.25, -0.2) is 0 Å². The highest BCUT2D eigenvalue weighted by Gasteiger charge is 1.73. The summed E-state index contributed by atoms with van der Waals surface area (Å²) in [5, 5.41) is 0. The standard InChI is InChI=1S/C3H10O2Si.C3H6/c1-4-2-3-5-6;1-3-2/h2-3H2,1,6H3;3H,1H2,2H3. The summed E-state index contributed by atoms with van der Waals surface area (Å²) in [4.78, 5) is 0. The molecule has 0 aliphatic carbocycles. The molecule has 0 bridgehead atoms. The first kappa shape index (κ1) is 11.6. The molecule has 3 heteroatoms. The molecule has 0 radical (unpaired) electrons. The fraction of sp³-hybridized carbons (Fsp3) is 0.667. The Hall–Kier alpha value is -0.123. The first-order valence-corrected chi connectivity index (χ1v) is 3.70. The number of rotatable bonds is 3. The van der Waals surface area contributed by atoms with Gasteiger partial charge in [0.1, 0.15) is 10.5 Å². The second-order valence-electron chi connectivity index (χ2n) is 1.39. The Labute approximate surface area is 60.4 Å². The van der Waals surface area contributed by atoms with E-state index in [9.17, 15) is 0 Å². The molecular formula is C6H16O2Si. The first-order valence-electron chi connectivity index (χ1n) is 2.88. The summed E-state index contributed by atoms with van der Waals surface area (Å²) in [5.74, 6) is 0. The molecular weight excluding hydrogens is 132 g/mol. The summed E-state index contributed by atoms with van der Waals surface area (Å²) in [5.41, 5.74) is 0. The summed E-state index contributed by atoms with van der Waals surface area (Å²) in [6.45, 7) is 6.73. The van der Waals surface area contributed by atoms with Crippen LogP contribution in [0.5, 0.6) is 0 Å². The summed E-state index contributed by atoms with van der Waals surface area (Å²) in [6.07, 6.45) is 1.75. The Kier molecular flexibility index (Phi) is 20.3. The third-order valence-corrected chi connectivity index (χ3v) is 0.900. The van der Waals surface area contributed by atoms with Gasteiger partial charge in [-0.3, -0.25) is 0 Å². The van der Waals surface area contributed by atoms with E-state index >= 15 is 0 Å². The van der Waals surface area contributed by atoms with Gasteiger partial charge in [0.05, 0.1) is 13.2 Å². The molecule has 56 valence electrons. The summed E-state index contributed by atoms with van der Waals surface area (Å²) in [7, 11) is 2.49. The molecule has 0 saturated carbocycles. The number of allylic oxidation sites excluding steroid dienone is 1. The van der Waals surface area contributed by atoms with Gasteiger partial charge in [-0.1, -0.05) is 6.08 Å². The lowest BCUT2D eigenvalue weighted by atomic mass is 10.8. The van der Waals surface area contributed by atoms with Crippen LogP contribution in [0.4, 0.5) is 0 Å². The number of hydrogen-bond donors (Lipinski definition) is 0. The molecule has 0 unspecified atom stereocenters. The summed E-state index contributed by atoms with van der Waals surface area (Å²) >= 11 is 0. The van der Waals surface area contributed by atoms with Crippen molar-refractivity contribution in [3.05, 3.63) is 12.7 Å². The van der Waals surface area contributed by atoms with Crippen LogP contribution in [0, 0.1) is 0 Å². The van der Waals surface area contributed by atoms with Crippen molar-refractivity contribution in [2.24, 2.45) is 0 Å². The van der Waals surface area contributed by atoms with Crippen LogP contribution in [0.3, 0.4) is 0 Å². The second kappa shape index (κ2) is 15.7. The third-order valence-electron chi connectivity index (χ3n) is 0.492. The van der Waals surface area contributed by atoms with Crippen LogP contribution in [0.15, 0.2) is 12.7 Å². The molecule has 2 nitrogen and oxygen atoms in total. The SMILES string of the molecule is C=CC.COCCO[SiH3]. The minimum atomic E-state index is 0.726. The van der Waals surface area contributed by atoms with Crippen molar-refractivity contribution in [1.29, 1.82) is 0 Å². The van der Waals surface area contributed by atoms with Crippen LogP contribution >= 0.6 is 0 Å². The normalized spacial score (nSPS) is 7.78. The average Bonchev–Trinajstić information content (AvgIpc) is 1.86. The molecule has 0 amide bonds. The second-order valence-corrected chi connectivity index (χ2v) is 1.97. The van der Waals surface area contributed by atoms with Crippen LogP contribution in [0.25, 0.3) is 0 Å². The maximum Gasteiger partial charge on any atom is 0.146 e. The van der Waals surface area contributed by atoms with E-state index in [1.165, 1.54) is 0 Å². The Bertz CT molecular complexity index is 44.3. The zero-order chi connectivity index (χ0) is 7.54. The molecule has 0 aliphatic rings. The molecule has 0 rings (SSSR count). The number of hydrogen-bond acceptors (Lipinski definition) is 2. The maximum absolute atomic E-state index is 4.80. The van der Waals surface area contributed by atoms with Crippen LogP contribution < -0.4 is 0 Å². The van der Waals surface area contributed by atoms with E-state index in [-0.39, 0.29) is 0 Å². The predicted molar refractivity (Wildman–Crippen MR) is 43.6 cm³/mol. The zero-order valence-electron chi connectivity index (χ0n) is 6.52. The van der Waals surface area contributed by atoms with Gasteiger partial charge in [-0.05, 0) is 6.92 Å². The van der Waals surface area contributed by atoms with Gasteiger partial charge in [0, 0.05) is 7.11 Å². The molecule has 0 aromatic heterocycles. The van der Waals surface area contributed by atoms with Crippen LogP contribution in [0.1, 0.15) is 6.92 Å². The van der Waals surface area contributed by atoms with Crippen LogP contribution in [-0.4, -0.2) is 30.8 Å². The Balaban J connectivity index is 0. The highest BCUT2D eigenvalue weighted by molar-refractivity contribution is 5.97. The minimum absolute atomic E-state index is 0.726. The molecule has 0 spiro atoms. The lowest BCUT2D eigenvalue weighted by Crippen LogP contribution is -1.97. The van der Waals surface area contributed by atoms with Crippen molar-refractivity contribution < 1.29 is 9.16 Å². The fourth-order valence-corrected chi connectivity index (χ4v) is 0.333. The predicted octanol–water partition coefficient (Wildman–Crippen LogP) is 0.122. The third kappa shape index (κ3) is 32.9. The fourth-order valence-electron chi connectivity index (χ4n) is 0.167. The van der Waals surface area contributed by atoms with Crippen molar-refractivity contribution in [2.75, 3.05) is 20.3 Å². The van der Waals surface area contributed by atoms with Crippen molar-refractivity contribution in [3.63, 3.8) is 0 Å². The molecule has 0 N–H and O–H groups in total. The van der Waals surface area contributed by atoms with E-state index in [0.717, 1.165) is 23.7 Å². The van der Waals surface area contributed by atoms with Crippen LogP contribution in [-0.2, 0) is 9.16 Å². The van der Waals surface area contributed by atoms with Gasteiger partial charge in [0.15, 0.2) is 0 Å². The monoisotopic (exact) mass is 148 g/mol. The molecule has 9 heavy (non-hydrogen) atoms.